The Labute approximate surface area is 136 Å². The molecule has 2 unspecified atom stereocenters. The Morgan fingerprint density at radius 1 is 1.22 bits per heavy atom. The molecule has 2 rings (SSSR count). The molecule has 1 aromatic rings. The molecule has 0 spiro atoms. The van der Waals surface area contributed by atoms with E-state index >= 15 is 0 Å². The minimum Gasteiger partial charge on any atom is -0.389 e. The SMILES string of the molecule is CCC1(O)CCN(C(C)c2ccc(C(F)(F)F)cc2)CC1(C)C. The highest BCUT2D eigenvalue weighted by atomic mass is 19.4. The highest BCUT2D eigenvalue weighted by Crippen LogP contribution is 2.43. The molecule has 1 aromatic carbocycles. The number of alkyl halides is 3. The maximum Gasteiger partial charge on any atom is 0.416 e. The van der Waals surface area contributed by atoms with Gasteiger partial charge in [-0.1, -0.05) is 32.9 Å². The van der Waals surface area contributed by atoms with Crippen LogP contribution in [0.2, 0.25) is 0 Å². The first-order valence-electron chi connectivity index (χ1n) is 8.14. The van der Waals surface area contributed by atoms with E-state index in [-0.39, 0.29) is 11.5 Å². The molecule has 2 nitrogen and oxygen atoms in total. The van der Waals surface area contributed by atoms with Crippen LogP contribution in [-0.4, -0.2) is 28.7 Å². The van der Waals surface area contributed by atoms with Gasteiger partial charge in [-0.3, -0.25) is 4.90 Å². The summed E-state index contributed by atoms with van der Waals surface area (Å²) in [5, 5.41) is 10.8. The Balaban J connectivity index is 2.14. The maximum absolute atomic E-state index is 12.7. The molecule has 130 valence electrons. The largest absolute Gasteiger partial charge is 0.416 e. The van der Waals surface area contributed by atoms with Gasteiger partial charge in [0.15, 0.2) is 0 Å². The fourth-order valence-corrected chi connectivity index (χ4v) is 3.55. The summed E-state index contributed by atoms with van der Waals surface area (Å²) < 4.78 is 38.0. The quantitative estimate of drug-likeness (QED) is 0.873. The van der Waals surface area contributed by atoms with Crippen molar-refractivity contribution in [3.63, 3.8) is 0 Å². The predicted molar refractivity (Wildman–Crippen MR) is 85.1 cm³/mol. The molecule has 1 heterocycles. The summed E-state index contributed by atoms with van der Waals surface area (Å²) in [5.74, 6) is 0. The van der Waals surface area contributed by atoms with Gasteiger partial charge in [-0.15, -0.1) is 0 Å². The molecule has 0 amide bonds. The van der Waals surface area contributed by atoms with Gasteiger partial charge in [-0.05, 0) is 37.5 Å². The van der Waals surface area contributed by atoms with Crippen molar-refractivity contribution in [1.29, 1.82) is 0 Å². The minimum atomic E-state index is -4.30. The van der Waals surface area contributed by atoms with Crippen LogP contribution in [0.1, 0.15) is 57.7 Å². The van der Waals surface area contributed by atoms with Crippen molar-refractivity contribution in [2.75, 3.05) is 13.1 Å². The lowest BCUT2D eigenvalue weighted by molar-refractivity contribution is -0.137. The van der Waals surface area contributed by atoms with Crippen LogP contribution in [-0.2, 0) is 6.18 Å². The van der Waals surface area contributed by atoms with Crippen molar-refractivity contribution in [3.8, 4) is 0 Å². The van der Waals surface area contributed by atoms with Gasteiger partial charge in [-0.25, -0.2) is 0 Å². The lowest BCUT2D eigenvalue weighted by Gasteiger charge is -2.51. The lowest BCUT2D eigenvalue weighted by Crippen LogP contribution is -2.57. The molecule has 1 aliphatic heterocycles. The Morgan fingerprint density at radius 2 is 1.78 bits per heavy atom. The molecule has 2 atom stereocenters. The van der Waals surface area contributed by atoms with Gasteiger partial charge in [-0.2, -0.15) is 13.2 Å². The number of benzene rings is 1. The third-order valence-corrected chi connectivity index (χ3v) is 5.52. The van der Waals surface area contributed by atoms with E-state index in [1.54, 1.807) is 12.1 Å². The van der Waals surface area contributed by atoms with Gasteiger partial charge in [0.2, 0.25) is 0 Å². The van der Waals surface area contributed by atoms with E-state index in [2.05, 4.69) is 18.7 Å². The Kier molecular flexibility index (Phi) is 4.84. The number of piperidine rings is 1. The zero-order valence-electron chi connectivity index (χ0n) is 14.2. The fraction of sp³-hybridized carbons (Fsp3) is 0.667. The molecule has 1 fully saturated rings. The van der Waals surface area contributed by atoms with E-state index in [1.165, 1.54) is 0 Å². The van der Waals surface area contributed by atoms with Crippen LogP contribution in [0.15, 0.2) is 24.3 Å². The van der Waals surface area contributed by atoms with E-state index in [1.807, 2.05) is 13.8 Å². The standard InChI is InChI=1S/C18H26F3NO/c1-5-17(23)10-11-22(12-16(17,3)4)13(2)14-6-8-15(9-7-14)18(19,20)21/h6-9,13,23H,5,10-12H2,1-4H3. The molecular weight excluding hydrogens is 303 g/mol. The summed E-state index contributed by atoms with van der Waals surface area (Å²) in [7, 11) is 0. The summed E-state index contributed by atoms with van der Waals surface area (Å²) in [5.41, 5.74) is -0.674. The average Bonchev–Trinajstić information content (AvgIpc) is 2.48. The smallest absolute Gasteiger partial charge is 0.389 e. The highest BCUT2D eigenvalue weighted by Gasteiger charge is 2.47. The second-order valence-electron chi connectivity index (χ2n) is 7.29. The number of aliphatic hydroxyl groups is 1. The second-order valence-corrected chi connectivity index (χ2v) is 7.29. The second kappa shape index (κ2) is 6.10. The van der Waals surface area contributed by atoms with Crippen molar-refractivity contribution >= 4 is 0 Å². The first kappa shape index (κ1) is 18.3. The fourth-order valence-electron chi connectivity index (χ4n) is 3.55. The van der Waals surface area contributed by atoms with Crippen LogP contribution in [0, 0.1) is 5.41 Å². The maximum atomic E-state index is 12.7. The van der Waals surface area contributed by atoms with E-state index in [9.17, 15) is 18.3 Å². The molecule has 0 radical (unpaired) electrons. The molecule has 5 heteroatoms. The van der Waals surface area contributed by atoms with Crippen LogP contribution in [0.4, 0.5) is 13.2 Å². The monoisotopic (exact) mass is 329 g/mol. The van der Waals surface area contributed by atoms with Crippen molar-refractivity contribution in [1.82, 2.24) is 4.90 Å². The molecule has 1 N–H and O–H groups in total. The van der Waals surface area contributed by atoms with Gasteiger partial charge < -0.3 is 5.11 Å². The van der Waals surface area contributed by atoms with Gasteiger partial charge in [0.25, 0.3) is 0 Å². The first-order valence-corrected chi connectivity index (χ1v) is 8.14. The predicted octanol–water partition coefficient (Wildman–Crippen LogP) is 4.64. The van der Waals surface area contributed by atoms with Crippen molar-refractivity contribution < 1.29 is 18.3 Å². The van der Waals surface area contributed by atoms with Crippen LogP contribution in [0.3, 0.4) is 0 Å². The van der Waals surface area contributed by atoms with Gasteiger partial charge >= 0.3 is 6.18 Å². The molecule has 0 bridgehead atoms. The third-order valence-electron chi connectivity index (χ3n) is 5.52. The van der Waals surface area contributed by atoms with E-state index in [0.29, 0.717) is 12.8 Å². The van der Waals surface area contributed by atoms with Gasteiger partial charge in [0.1, 0.15) is 0 Å². The molecule has 1 aliphatic rings. The number of rotatable bonds is 3. The van der Waals surface area contributed by atoms with Gasteiger partial charge in [0.05, 0.1) is 11.2 Å². The Bertz CT molecular complexity index is 538. The van der Waals surface area contributed by atoms with E-state index < -0.39 is 17.3 Å². The molecule has 0 aliphatic carbocycles. The normalized spacial score (nSPS) is 27.0. The van der Waals surface area contributed by atoms with Crippen LogP contribution < -0.4 is 0 Å². The number of hydrogen-bond donors (Lipinski definition) is 1. The summed E-state index contributed by atoms with van der Waals surface area (Å²) in [6.45, 7) is 9.59. The zero-order chi connectivity index (χ0) is 17.5. The van der Waals surface area contributed by atoms with Gasteiger partial charge in [0, 0.05) is 24.5 Å². The van der Waals surface area contributed by atoms with Crippen LogP contribution in [0.25, 0.3) is 0 Å². The molecule has 1 saturated heterocycles. The highest BCUT2D eigenvalue weighted by molar-refractivity contribution is 5.26. The van der Waals surface area contributed by atoms with Crippen LogP contribution in [0.5, 0.6) is 0 Å². The minimum absolute atomic E-state index is 0.0259. The summed E-state index contributed by atoms with van der Waals surface area (Å²) in [6, 6.07) is 5.42. The summed E-state index contributed by atoms with van der Waals surface area (Å²) >= 11 is 0. The third kappa shape index (κ3) is 3.56. The lowest BCUT2D eigenvalue weighted by atomic mass is 9.68. The average molecular weight is 329 g/mol. The first-order chi connectivity index (χ1) is 10.5. The van der Waals surface area contributed by atoms with E-state index in [4.69, 9.17) is 0 Å². The van der Waals surface area contributed by atoms with Crippen LogP contribution >= 0.6 is 0 Å². The topological polar surface area (TPSA) is 23.5 Å². The number of hydrogen-bond acceptors (Lipinski definition) is 2. The zero-order valence-corrected chi connectivity index (χ0v) is 14.2. The Morgan fingerprint density at radius 3 is 2.22 bits per heavy atom. The summed E-state index contributed by atoms with van der Waals surface area (Å²) in [4.78, 5) is 2.24. The van der Waals surface area contributed by atoms with E-state index in [0.717, 1.165) is 30.8 Å². The summed E-state index contributed by atoms with van der Waals surface area (Å²) in [6.07, 6.45) is -2.91. The molecular formula is C18H26F3NO. The number of likely N-dealkylation sites (tertiary alicyclic amines) is 1. The molecule has 23 heavy (non-hydrogen) atoms. The number of halogens is 3. The van der Waals surface area contributed by atoms with Crippen molar-refractivity contribution in [2.24, 2.45) is 5.41 Å². The van der Waals surface area contributed by atoms with Crippen molar-refractivity contribution in [3.05, 3.63) is 35.4 Å². The van der Waals surface area contributed by atoms with Crippen molar-refractivity contribution in [2.45, 2.75) is 58.4 Å². The number of nitrogens with zero attached hydrogens (tertiary/aromatic N) is 1. The Hall–Kier alpha value is -1.07. The molecule has 0 saturated carbocycles. The molecule has 0 aromatic heterocycles.